The fraction of sp³-hybridized carbons (Fsp3) is 0.941. The summed E-state index contributed by atoms with van der Waals surface area (Å²) in [7, 11) is 0. The van der Waals surface area contributed by atoms with Gasteiger partial charge >= 0.3 is 5.97 Å². The van der Waals surface area contributed by atoms with Crippen LogP contribution in [0.1, 0.15) is 105 Å². The lowest BCUT2D eigenvalue weighted by Gasteiger charge is -2.62. The second-order valence-corrected chi connectivity index (χ2v) is 15.5. The summed E-state index contributed by atoms with van der Waals surface area (Å²) in [5.74, 6) is 1.66. The molecule has 5 fully saturated rings. The van der Waals surface area contributed by atoms with Crippen LogP contribution < -0.4 is 5.32 Å². The van der Waals surface area contributed by atoms with E-state index in [0.717, 1.165) is 51.4 Å². The summed E-state index contributed by atoms with van der Waals surface area (Å²) in [6, 6.07) is -1.17. The number of hydrogen-bond acceptors (Lipinski definition) is 9. The van der Waals surface area contributed by atoms with Gasteiger partial charge in [-0.25, -0.2) is 0 Å². The van der Waals surface area contributed by atoms with E-state index in [1.54, 1.807) is 0 Å². The highest BCUT2D eigenvalue weighted by molar-refractivity contribution is 5.76. The minimum atomic E-state index is -1.54. The molecule has 6 N–H and O–H groups in total. The molecule has 5 aliphatic rings. The molecule has 1 saturated heterocycles. The predicted octanol–water partition coefficient (Wildman–Crippen LogP) is 2.66. The molecule has 4 saturated carbocycles. The molecule has 5 rings (SSSR count). The number of carbonyl (C=O) groups is 2. The Morgan fingerprint density at radius 1 is 0.932 bits per heavy atom. The molecule has 0 aromatic rings. The number of ether oxygens (including phenoxy) is 2. The maximum atomic E-state index is 12.7. The van der Waals surface area contributed by atoms with Crippen LogP contribution in [-0.2, 0) is 19.1 Å². The first-order valence-electron chi connectivity index (χ1n) is 17.3. The van der Waals surface area contributed by atoms with Crippen molar-refractivity contribution in [2.45, 2.75) is 148 Å². The molecule has 7 unspecified atom stereocenters. The van der Waals surface area contributed by atoms with Gasteiger partial charge in [-0.15, -0.1) is 0 Å². The Kier molecular flexibility index (Phi) is 10.4. The van der Waals surface area contributed by atoms with Crippen LogP contribution in [0.4, 0.5) is 0 Å². The van der Waals surface area contributed by atoms with Crippen LogP contribution in [0.25, 0.3) is 0 Å². The number of aliphatic hydroxyl groups excluding tert-OH is 5. The van der Waals surface area contributed by atoms with Gasteiger partial charge < -0.3 is 40.3 Å². The van der Waals surface area contributed by atoms with E-state index in [1.165, 1.54) is 0 Å². The van der Waals surface area contributed by atoms with Gasteiger partial charge in [0.1, 0.15) is 31.0 Å². The lowest BCUT2D eigenvalue weighted by Crippen LogP contribution is -2.64. The molecule has 1 heterocycles. The van der Waals surface area contributed by atoms with Gasteiger partial charge in [-0.05, 0) is 111 Å². The van der Waals surface area contributed by atoms with E-state index in [1.807, 2.05) is 6.92 Å². The maximum Gasteiger partial charge on any atom is 0.305 e. The number of amides is 1. The zero-order chi connectivity index (χ0) is 32.0. The molecule has 0 radical (unpaired) electrons. The number of carbonyl (C=O) groups excluding carboxylic acids is 2. The molecule has 15 atom stereocenters. The quantitative estimate of drug-likeness (QED) is 0.212. The Morgan fingerprint density at radius 2 is 1.64 bits per heavy atom. The lowest BCUT2D eigenvalue weighted by molar-refractivity contribution is -0.255. The van der Waals surface area contributed by atoms with Crippen LogP contribution in [0.2, 0.25) is 0 Å². The normalized spacial score (nSPS) is 47.6. The predicted molar refractivity (Wildman–Crippen MR) is 162 cm³/mol. The van der Waals surface area contributed by atoms with Crippen LogP contribution in [0.5, 0.6) is 0 Å². The van der Waals surface area contributed by atoms with E-state index >= 15 is 0 Å². The van der Waals surface area contributed by atoms with Crippen LogP contribution >= 0.6 is 0 Å². The maximum absolute atomic E-state index is 12.7. The van der Waals surface area contributed by atoms with Crippen LogP contribution in [0.3, 0.4) is 0 Å². The Hall–Kier alpha value is -1.30. The first-order chi connectivity index (χ1) is 20.8. The molecule has 4 aliphatic carbocycles. The number of esters is 1. The number of aliphatic hydroxyl groups is 5. The fourth-order valence-corrected chi connectivity index (χ4v) is 10.7. The van der Waals surface area contributed by atoms with Crippen molar-refractivity contribution in [1.82, 2.24) is 5.32 Å². The first kappa shape index (κ1) is 34.0. The minimum Gasteiger partial charge on any atom is -0.463 e. The lowest BCUT2D eigenvalue weighted by atomic mass is 9.43. The van der Waals surface area contributed by atoms with Crippen molar-refractivity contribution < 1.29 is 44.6 Å². The van der Waals surface area contributed by atoms with Gasteiger partial charge in [0.25, 0.3) is 0 Å². The zero-order valence-corrected chi connectivity index (χ0v) is 27.1. The van der Waals surface area contributed by atoms with Crippen LogP contribution in [0.15, 0.2) is 0 Å². The molecular formula is C34H57NO9. The summed E-state index contributed by atoms with van der Waals surface area (Å²) in [6.45, 7) is 8.60. The van der Waals surface area contributed by atoms with Gasteiger partial charge in [-0.3, -0.25) is 9.59 Å². The van der Waals surface area contributed by atoms with Gasteiger partial charge in [0.05, 0.1) is 12.2 Å². The molecule has 10 heteroatoms. The minimum absolute atomic E-state index is 0.123. The molecule has 0 bridgehead atoms. The largest absolute Gasteiger partial charge is 0.463 e. The average molecular weight is 624 g/mol. The van der Waals surface area contributed by atoms with E-state index in [4.69, 9.17) is 9.47 Å². The van der Waals surface area contributed by atoms with Crippen molar-refractivity contribution in [3.05, 3.63) is 0 Å². The van der Waals surface area contributed by atoms with E-state index in [0.29, 0.717) is 48.3 Å². The van der Waals surface area contributed by atoms with Crippen LogP contribution in [-0.4, -0.2) is 86.9 Å². The summed E-state index contributed by atoms with van der Waals surface area (Å²) in [5, 5.41) is 55.6. The van der Waals surface area contributed by atoms with Gasteiger partial charge in [-0.1, -0.05) is 27.7 Å². The summed E-state index contributed by atoms with van der Waals surface area (Å²) in [5.41, 5.74) is 0.321. The highest BCUT2D eigenvalue weighted by Gasteiger charge is 2.62. The highest BCUT2D eigenvalue weighted by Crippen LogP contribution is 2.68. The van der Waals surface area contributed by atoms with Gasteiger partial charge in [0.15, 0.2) is 6.29 Å². The fourth-order valence-electron chi connectivity index (χ4n) is 10.7. The van der Waals surface area contributed by atoms with E-state index in [9.17, 15) is 35.1 Å². The molecule has 1 amide bonds. The summed E-state index contributed by atoms with van der Waals surface area (Å²) < 4.78 is 10.8. The van der Waals surface area contributed by atoms with E-state index < -0.39 is 36.6 Å². The first-order valence-corrected chi connectivity index (χ1v) is 17.3. The molecule has 0 aromatic carbocycles. The average Bonchev–Trinajstić information content (AvgIpc) is 3.33. The molecule has 44 heavy (non-hydrogen) atoms. The van der Waals surface area contributed by atoms with Crippen LogP contribution in [0, 0.1) is 46.3 Å². The standard InChI is InChI=1S/C34H57NO9/c1-5-6-26(38)35-29-31(41)30(40)25(44-32(29)42)17-43-27(39)10-7-18(2)21-8-9-22-28-23(12-14-34(21,22)4)33(3)13-11-20(36)15-19(33)16-24(28)37/h18-25,28-32,36-37,40-42H,5-17H2,1-4H3,(H,35,38)/t18?,19?,20-,21?,22?,23?,24-,25+,28?,29+,30+,31+,32?,33-,34+/m0/s1. The van der Waals surface area contributed by atoms with Crippen molar-refractivity contribution in [3.63, 3.8) is 0 Å². The Balaban J connectivity index is 1.12. The van der Waals surface area contributed by atoms with Gasteiger partial charge in [0, 0.05) is 12.8 Å². The second-order valence-electron chi connectivity index (χ2n) is 15.5. The Bertz CT molecular complexity index is 1030. The highest BCUT2D eigenvalue weighted by atomic mass is 16.6. The number of rotatable bonds is 9. The summed E-state index contributed by atoms with van der Waals surface area (Å²) >= 11 is 0. The third kappa shape index (κ3) is 6.33. The molecule has 0 aromatic heterocycles. The Labute approximate surface area is 262 Å². The number of nitrogens with one attached hydrogen (secondary N) is 1. The third-order valence-electron chi connectivity index (χ3n) is 13.2. The zero-order valence-electron chi connectivity index (χ0n) is 27.1. The van der Waals surface area contributed by atoms with Gasteiger partial charge in [0.2, 0.25) is 5.91 Å². The third-order valence-corrected chi connectivity index (χ3v) is 13.2. The van der Waals surface area contributed by atoms with Gasteiger partial charge in [-0.2, -0.15) is 0 Å². The summed E-state index contributed by atoms with van der Waals surface area (Å²) in [6.07, 6.45) is 3.63. The van der Waals surface area contributed by atoms with Crippen molar-refractivity contribution in [3.8, 4) is 0 Å². The van der Waals surface area contributed by atoms with E-state index in [2.05, 4.69) is 26.1 Å². The Morgan fingerprint density at radius 3 is 2.36 bits per heavy atom. The monoisotopic (exact) mass is 623 g/mol. The van der Waals surface area contributed by atoms with Crippen molar-refractivity contribution >= 4 is 11.9 Å². The van der Waals surface area contributed by atoms with Crippen molar-refractivity contribution in [2.24, 2.45) is 46.3 Å². The summed E-state index contributed by atoms with van der Waals surface area (Å²) in [4.78, 5) is 24.7. The second kappa shape index (κ2) is 13.4. The molecular weight excluding hydrogens is 566 g/mol. The van der Waals surface area contributed by atoms with Crippen molar-refractivity contribution in [2.75, 3.05) is 6.61 Å². The van der Waals surface area contributed by atoms with E-state index in [-0.39, 0.29) is 48.4 Å². The molecule has 252 valence electrons. The topological polar surface area (TPSA) is 166 Å². The molecule has 10 nitrogen and oxygen atoms in total. The molecule has 1 aliphatic heterocycles. The van der Waals surface area contributed by atoms with Crippen molar-refractivity contribution in [1.29, 1.82) is 0 Å². The SMILES string of the molecule is CCCC(=O)N[C@H]1C(O)O[C@H](COC(=O)CCC(C)C2CCC3C4C(CC[C@]23C)[C@@]2(C)CC[C@H](O)CC2C[C@@H]4O)[C@@H](O)[C@@H]1O. The number of hydrogen-bond donors (Lipinski definition) is 6. The molecule has 0 spiro atoms. The smallest absolute Gasteiger partial charge is 0.305 e. The number of fused-ring (bicyclic) bond motifs is 5.